The largest absolute Gasteiger partial charge is 0.480 e. The summed E-state index contributed by atoms with van der Waals surface area (Å²) in [7, 11) is 0. The third-order valence-corrected chi connectivity index (χ3v) is 1.29. The number of hydrogen-bond donors (Lipinski definition) is 3. The van der Waals surface area contributed by atoms with Crippen molar-refractivity contribution in [2.75, 3.05) is 6.54 Å². The van der Waals surface area contributed by atoms with Crippen LogP contribution in [0.5, 0.6) is 0 Å². The Morgan fingerprint density at radius 1 is 1.45 bits per heavy atom. The van der Waals surface area contributed by atoms with Crippen LogP contribution in [-0.2, 0) is 22.2 Å². The molecule has 1 atom stereocenters. The Morgan fingerprint density at radius 3 is 2.36 bits per heavy atom. The van der Waals surface area contributed by atoms with Crippen LogP contribution in [0, 0.1) is 0 Å². The maximum atomic E-state index is 10.1. The summed E-state index contributed by atoms with van der Waals surface area (Å²) in [6.07, 6.45) is 2.16. The maximum Gasteiger partial charge on any atom is 0.320 e. The van der Waals surface area contributed by atoms with Crippen LogP contribution < -0.4 is 11.5 Å². The van der Waals surface area contributed by atoms with Crippen molar-refractivity contribution in [2.24, 2.45) is 11.5 Å². The van der Waals surface area contributed by atoms with Gasteiger partial charge in [-0.25, -0.2) is 0 Å². The van der Waals surface area contributed by atoms with E-state index in [4.69, 9.17) is 16.6 Å². The minimum absolute atomic E-state index is 0. The summed E-state index contributed by atoms with van der Waals surface area (Å²) in [6, 6.07) is -0.716. The van der Waals surface area contributed by atoms with Gasteiger partial charge < -0.3 is 16.6 Å². The standard InChI is InChI=1S/C6H14N2O2.Cr/c7-4-2-1-3-5(8)6(9)10;/h5H,1-4,7-8H2,(H,9,10);. The van der Waals surface area contributed by atoms with Crippen molar-refractivity contribution in [3.8, 4) is 0 Å². The van der Waals surface area contributed by atoms with Crippen molar-refractivity contribution in [3.05, 3.63) is 0 Å². The van der Waals surface area contributed by atoms with Gasteiger partial charge in [-0.3, -0.25) is 4.79 Å². The van der Waals surface area contributed by atoms with E-state index >= 15 is 0 Å². The van der Waals surface area contributed by atoms with E-state index in [-0.39, 0.29) is 17.4 Å². The molecule has 0 aliphatic carbocycles. The molecule has 0 aliphatic rings. The van der Waals surface area contributed by atoms with Gasteiger partial charge in [0, 0.05) is 17.4 Å². The summed E-state index contributed by atoms with van der Waals surface area (Å²) in [6.45, 7) is 0.604. The SMILES string of the molecule is NCCCCC(N)C(=O)O.[Cr]. The van der Waals surface area contributed by atoms with Crippen LogP contribution in [-0.4, -0.2) is 23.7 Å². The molecule has 0 saturated heterocycles. The van der Waals surface area contributed by atoms with Gasteiger partial charge in [0.05, 0.1) is 0 Å². The molecule has 0 aromatic rings. The van der Waals surface area contributed by atoms with Crippen LogP contribution in [0.15, 0.2) is 0 Å². The molecule has 0 rings (SSSR count). The van der Waals surface area contributed by atoms with Crippen molar-refractivity contribution in [2.45, 2.75) is 25.3 Å². The molecule has 11 heavy (non-hydrogen) atoms. The fourth-order valence-electron chi connectivity index (χ4n) is 0.632. The van der Waals surface area contributed by atoms with Crippen molar-refractivity contribution in [1.82, 2.24) is 0 Å². The van der Waals surface area contributed by atoms with Gasteiger partial charge in [0.15, 0.2) is 0 Å². The third-order valence-electron chi connectivity index (χ3n) is 1.29. The summed E-state index contributed by atoms with van der Waals surface area (Å²) in [5.41, 5.74) is 10.4. The van der Waals surface area contributed by atoms with Crippen molar-refractivity contribution in [1.29, 1.82) is 0 Å². The minimum atomic E-state index is -0.933. The summed E-state index contributed by atoms with van der Waals surface area (Å²) in [5.74, 6) is -0.933. The number of aliphatic carboxylic acids is 1. The second-order valence-electron chi connectivity index (χ2n) is 2.23. The van der Waals surface area contributed by atoms with Crippen LogP contribution in [0.2, 0.25) is 0 Å². The fourth-order valence-corrected chi connectivity index (χ4v) is 0.632. The Bertz CT molecular complexity index is 111. The second-order valence-corrected chi connectivity index (χ2v) is 2.23. The van der Waals surface area contributed by atoms with Crippen LogP contribution in [0.4, 0.5) is 0 Å². The molecule has 5 N–H and O–H groups in total. The number of hydrogen-bond acceptors (Lipinski definition) is 3. The molecule has 0 heterocycles. The molecule has 0 spiro atoms. The van der Waals surface area contributed by atoms with E-state index in [0.717, 1.165) is 12.8 Å². The first-order chi connectivity index (χ1) is 4.68. The zero-order valence-electron chi connectivity index (χ0n) is 6.32. The van der Waals surface area contributed by atoms with Crippen LogP contribution >= 0.6 is 0 Å². The van der Waals surface area contributed by atoms with Crippen LogP contribution in [0.3, 0.4) is 0 Å². The third kappa shape index (κ3) is 7.82. The van der Waals surface area contributed by atoms with Gasteiger partial charge in [0.2, 0.25) is 0 Å². The molecular weight excluding hydrogens is 184 g/mol. The smallest absolute Gasteiger partial charge is 0.320 e. The first-order valence-electron chi connectivity index (χ1n) is 3.37. The van der Waals surface area contributed by atoms with Crippen molar-refractivity contribution >= 4 is 5.97 Å². The van der Waals surface area contributed by atoms with E-state index < -0.39 is 12.0 Å². The Hall–Kier alpha value is -0.0775. The van der Waals surface area contributed by atoms with Gasteiger partial charge in [-0.05, 0) is 19.4 Å². The van der Waals surface area contributed by atoms with Gasteiger partial charge in [-0.15, -0.1) is 0 Å². The predicted octanol–water partition coefficient (Wildman–Crippen LogP) is -0.475. The second kappa shape index (κ2) is 8.02. The molecule has 66 valence electrons. The van der Waals surface area contributed by atoms with Gasteiger partial charge in [0.25, 0.3) is 0 Å². The predicted molar refractivity (Wildman–Crippen MR) is 38.5 cm³/mol. The average Bonchev–Trinajstić information content (AvgIpc) is 1.88. The zero-order chi connectivity index (χ0) is 7.98. The summed E-state index contributed by atoms with van der Waals surface area (Å²) in [5, 5.41) is 8.33. The van der Waals surface area contributed by atoms with Crippen LogP contribution in [0.1, 0.15) is 19.3 Å². The normalized spacial score (nSPS) is 11.8. The number of nitrogens with two attached hydrogens (primary N) is 2. The number of carboxylic acid groups (broad SMARTS) is 1. The Labute approximate surface area is 77.1 Å². The summed E-state index contributed by atoms with van der Waals surface area (Å²) in [4.78, 5) is 10.1. The molecule has 0 aliphatic heterocycles. The Morgan fingerprint density at radius 2 is 2.00 bits per heavy atom. The molecule has 1 unspecified atom stereocenters. The van der Waals surface area contributed by atoms with Crippen molar-refractivity contribution < 1.29 is 27.3 Å². The Kier molecular flexibility index (Phi) is 9.85. The quantitative estimate of drug-likeness (QED) is 0.521. The zero-order valence-corrected chi connectivity index (χ0v) is 7.60. The summed E-state index contributed by atoms with van der Waals surface area (Å²) >= 11 is 0. The molecule has 5 heteroatoms. The molecule has 0 aromatic carbocycles. The van der Waals surface area contributed by atoms with Crippen LogP contribution in [0.25, 0.3) is 0 Å². The van der Waals surface area contributed by atoms with Gasteiger partial charge >= 0.3 is 5.97 Å². The summed E-state index contributed by atoms with van der Waals surface area (Å²) < 4.78 is 0. The van der Waals surface area contributed by atoms with Gasteiger partial charge in [-0.1, -0.05) is 6.42 Å². The molecule has 4 nitrogen and oxygen atoms in total. The van der Waals surface area contributed by atoms with E-state index in [1.165, 1.54) is 0 Å². The molecule has 0 fully saturated rings. The topological polar surface area (TPSA) is 89.3 Å². The first-order valence-corrected chi connectivity index (χ1v) is 3.37. The van der Waals surface area contributed by atoms with Crippen molar-refractivity contribution in [3.63, 3.8) is 0 Å². The molecule has 0 amide bonds. The van der Waals surface area contributed by atoms with E-state index in [1.54, 1.807) is 0 Å². The fraction of sp³-hybridized carbons (Fsp3) is 0.833. The van der Waals surface area contributed by atoms with E-state index in [1.807, 2.05) is 0 Å². The van der Waals surface area contributed by atoms with E-state index in [0.29, 0.717) is 13.0 Å². The number of rotatable bonds is 5. The average molecular weight is 198 g/mol. The maximum absolute atomic E-state index is 10.1. The number of carboxylic acids is 1. The number of carbonyl (C=O) groups is 1. The Balaban J connectivity index is 0. The van der Waals surface area contributed by atoms with Gasteiger partial charge in [-0.2, -0.15) is 0 Å². The van der Waals surface area contributed by atoms with Gasteiger partial charge in [0.1, 0.15) is 6.04 Å². The molecule has 0 aromatic heterocycles. The first kappa shape index (κ1) is 13.5. The minimum Gasteiger partial charge on any atom is -0.480 e. The molecule has 0 bridgehead atoms. The molecular formula is C6H14CrN2O2. The molecule has 0 radical (unpaired) electrons. The monoisotopic (exact) mass is 198 g/mol. The molecule has 0 saturated carbocycles. The number of unbranched alkanes of at least 4 members (excludes halogenated alkanes) is 1. The van der Waals surface area contributed by atoms with E-state index in [9.17, 15) is 4.79 Å². The van der Waals surface area contributed by atoms with E-state index in [2.05, 4.69) is 0 Å².